The van der Waals surface area contributed by atoms with Gasteiger partial charge in [-0.25, -0.2) is 4.39 Å². The first-order chi connectivity index (χ1) is 9.47. The van der Waals surface area contributed by atoms with Crippen LogP contribution in [0.4, 0.5) is 4.39 Å². The molecule has 1 fully saturated rings. The maximum absolute atomic E-state index is 13.5. The molecule has 0 heterocycles. The van der Waals surface area contributed by atoms with Crippen LogP contribution >= 0.6 is 27.5 Å². The third-order valence-electron chi connectivity index (χ3n) is 4.06. The average Bonchev–Trinajstić information content (AvgIpc) is 2.44. The Morgan fingerprint density at radius 2 is 2.15 bits per heavy atom. The second-order valence-corrected chi connectivity index (χ2v) is 6.71. The standard InChI is InChI=1S/C15H18BrClFNO/c1-10-5-7-15(9-17,8-6-10)19-14(20)11-3-2-4-12(18)13(11)16/h2-4,10H,5-9H2,1H3,(H,19,20). The summed E-state index contributed by atoms with van der Waals surface area (Å²) in [5.41, 5.74) is -0.0511. The third kappa shape index (κ3) is 3.34. The summed E-state index contributed by atoms with van der Waals surface area (Å²) in [6, 6.07) is 4.46. The van der Waals surface area contributed by atoms with Crippen LogP contribution < -0.4 is 5.32 Å². The molecule has 110 valence electrons. The van der Waals surface area contributed by atoms with Gasteiger partial charge in [0.15, 0.2) is 0 Å². The van der Waals surface area contributed by atoms with E-state index in [1.54, 1.807) is 6.07 Å². The van der Waals surface area contributed by atoms with E-state index < -0.39 is 5.82 Å². The fourth-order valence-corrected chi connectivity index (χ4v) is 3.37. The molecule has 0 unspecified atom stereocenters. The van der Waals surface area contributed by atoms with Crippen molar-refractivity contribution in [2.75, 3.05) is 5.88 Å². The molecule has 2 nitrogen and oxygen atoms in total. The van der Waals surface area contributed by atoms with E-state index in [2.05, 4.69) is 28.2 Å². The molecule has 0 radical (unpaired) electrons. The molecule has 0 bridgehead atoms. The minimum absolute atomic E-state index is 0.200. The molecule has 20 heavy (non-hydrogen) atoms. The van der Waals surface area contributed by atoms with Gasteiger partial charge < -0.3 is 5.32 Å². The van der Waals surface area contributed by atoms with Crippen molar-refractivity contribution in [1.29, 1.82) is 0 Å². The van der Waals surface area contributed by atoms with Gasteiger partial charge in [0.1, 0.15) is 5.82 Å². The molecule has 1 aliphatic rings. The van der Waals surface area contributed by atoms with Gasteiger partial charge in [-0.15, -0.1) is 11.6 Å². The van der Waals surface area contributed by atoms with E-state index in [0.717, 1.165) is 25.7 Å². The van der Waals surface area contributed by atoms with Gasteiger partial charge in [0.05, 0.1) is 15.6 Å². The van der Waals surface area contributed by atoms with Crippen molar-refractivity contribution >= 4 is 33.4 Å². The van der Waals surface area contributed by atoms with Crippen molar-refractivity contribution in [3.8, 4) is 0 Å². The summed E-state index contributed by atoms with van der Waals surface area (Å²) in [6.45, 7) is 2.21. The van der Waals surface area contributed by atoms with Crippen molar-refractivity contribution in [2.24, 2.45) is 5.92 Å². The minimum atomic E-state index is -0.435. The molecule has 0 saturated heterocycles. The van der Waals surface area contributed by atoms with Gasteiger partial charge in [-0.1, -0.05) is 13.0 Å². The molecule has 0 spiro atoms. The van der Waals surface area contributed by atoms with Gasteiger partial charge in [0.25, 0.3) is 5.91 Å². The van der Waals surface area contributed by atoms with Crippen LogP contribution in [0.1, 0.15) is 43.0 Å². The van der Waals surface area contributed by atoms with E-state index in [1.165, 1.54) is 12.1 Å². The van der Waals surface area contributed by atoms with Crippen molar-refractivity contribution < 1.29 is 9.18 Å². The van der Waals surface area contributed by atoms with E-state index >= 15 is 0 Å². The highest BCUT2D eigenvalue weighted by Crippen LogP contribution is 2.33. The van der Waals surface area contributed by atoms with Crippen LogP contribution in [0, 0.1) is 11.7 Å². The largest absolute Gasteiger partial charge is 0.345 e. The first-order valence-electron chi connectivity index (χ1n) is 6.80. The predicted octanol–water partition coefficient (Wildman–Crippen LogP) is 4.51. The van der Waals surface area contributed by atoms with Crippen LogP contribution in [0.2, 0.25) is 0 Å². The van der Waals surface area contributed by atoms with Crippen LogP contribution in [0.5, 0.6) is 0 Å². The van der Waals surface area contributed by atoms with Crippen LogP contribution in [0.3, 0.4) is 0 Å². The molecule has 0 atom stereocenters. The molecule has 0 aromatic heterocycles. The molecular formula is C15H18BrClFNO. The fourth-order valence-electron chi connectivity index (χ4n) is 2.59. The zero-order chi connectivity index (χ0) is 14.8. The molecule has 1 saturated carbocycles. The predicted molar refractivity (Wildman–Crippen MR) is 82.6 cm³/mol. The maximum atomic E-state index is 13.5. The summed E-state index contributed by atoms with van der Waals surface area (Å²) in [5.74, 6) is 0.351. The lowest BCUT2D eigenvalue weighted by Crippen LogP contribution is -2.52. The zero-order valence-electron chi connectivity index (χ0n) is 11.4. The Hall–Kier alpha value is -0.610. The number of hydrogen-bond acceptors (Lipinski definition) is 1. The van der Waals surface area contributed by atoms with Crippen LogP contribution in [0.25, 0.3) is 0 Å². The Balaban J connectivity index is 2.15. The first-order valence-corrected chi connectivity index (χ1v) is 8.13. The smallest absolute Gasteiger partial charge is 0.253 e. The molecule has 1 aromatic carbocycles. The van der Waals surface area contributed by atoms with Gasteiger partial charge in [0.2, 0.25) is 0 Å². The molecular weight excluding hydrogens is 345 g/mol. The minimum Gasteiger partial charge on any atom is -0.345 e. The van der Waals surface area contributed by atoms with E-state index in [1.807, 2.05) is 0 Å². The molecule has 1 aromatic rings. The van der Waals surface area contributed by atoms with E-state index in [0.29, 0.717) is 17.4 Å². The van der Waals surface area contributed by atoms with Gasteiger partial charge in [-0.05, 0) is 59.7 Å². The normalized spacial score (nSPS) is 26.3. The second-order valence-electron chi connectivity index (χ2n) is 5.65. The van der Waals surface area contributed by atoms with Gasteiger partial charge >= 0.3 is 0 Å². The number of halogens is 3. The van der Waals surface area contributed by atoms with Gasteiger partial charge in [0, 0.05) is 5.88 Å². The lowest BCUT2D eigenvalue weighted by atomic mass is 9.78. The number of nitrogens with one attached hydrogen (secondary N) is 1. The number of hydrogen-bond donors (Lipinski definition) is 1. The quantitative estimate of drug-likeness (QED) is 0.788. The summed E-state index contributed by atoms with van der Waals surface area (Å²) in [4.78, 5) is 12.4. The molecule has 0 aliphatic heterocycles. The molecule has 1 N–H and O–H groups in total. The highest BCUT2D eigenvalue weighted by Gasteiger charge is 2.35. The van der Waals surface area contributed by atoms with Crippen molar-refractivity contribution in [3.05, 3.63) is 34.1 Å². The monoisotopic (exact) mass is 361 g/mol. The average molecular weight is 363 g/mol. The number of amides is 1. The number of carbonyl (C=O) groups excluding carboxylic acids is 1. The maximum Gasteiger partial charge on any atom is 0.253 e. The highest BCUT2D eigenvalue weighted by atomic mass is 79.9. The van der Waals surface area contributed by atoms with Crippen LogP contribution in [0.15, 0.2) is 22.7 Å². The summed E-state index contributed by atoms with van der Waals surface area (Å²) in [5, 5.41) is 3.02. The Morgan fingerprint density at radius 3 is 2.75 bits per heavy atom. The SMILES string of the molecule is CC1CCC(CCl)(NC(=O)c2cccc(F)c2Br)CC1. The Labute approximate surface area is 132 Å². The number of carbonyl (C=O) groups is 1. The lowest BCUT2D eigenvalue weighted by Gasteiger charge is -2.38. The number of benzene rings is 1. The number of rotatable bonds is 3. The summed E-state index contributed by atoms with van der Waals surface area (Å²) in [6.07, 6.45) is 3.85. The Kier molecular flexibility index (Phi) is 5.08. The second kappa shape index (κ2) is 6.44. The van der Waals surface area contributed by atoms with Crippen molar-refractivity contribution in [1.82, 2.24) is 5.32 Å². The fraction of sp³-hybridized carbons (Fsp3) is 0.533. The summed E-state index contributed by atoms with van der Waals surface area (Å²) in [7, 11) is 0. The lowest BCUT2D eigenvalue weighted by molar-refractivity contribution is 0.0871. The van der Waals surface area contributed by atoms with Gasteiger partial charge in [-0.3, -0.25) is 4.79 Å². The van der Waals surface area contributed by atoms with Gasteiger partial charge in [-0.2, -0.15) is 0 Å². The molecule has 5 heteroatoms. The van der Waals surface area contributed by atoms with E-state index in [4.69, 9.17) is 11.6 Å². The highest BCUT2D eigenvalue weighted by molar-refractivity contribution is 9.10. The summed E-state index contributed by atoms with van der Waals surface area (Å²) >= 11 is 9.21. The zero-order valence-corrected chi connectivity index (χ0v) is 13.7. The Bertz CT molecular complexity index is 501. The van der Waals surface area contributed by atoms with Crippen LogP contribution in [-0.2, 0) is 0 Å². The van der Waals surface area contributed by atoms with Crippen molar-refractivity contribution in [2.45, 2.75) is 38.1 Å². The molecule has 1 amide bonds. The van der Waals surface area contributed by atoms with E-state index in [-0.39, 0.29) is 15.9 Å². The molecule has 2 rings (SSSR count). The topological polar surface area (TPSA) is 29.1 Å². The first kappa shape index (κ1) is 15.8. The number of alkyl halides is 1. The van der Waals surface area contributed by atoms with Crippen molar-refractivity contribution in [3.63, 3.8) is 0 Å². The summed E-state index contributed by atoms with van der Waals surface area (Å²) < 4.78 is 13.7. The van der Waals surface area contributed by atoms with E-state index in [9.17, 15) is 9.18 Å². The third-order valence-corrected chi connectivity index (χ3v) is 5.38. The van der Waals surface area contributed by atoms with Crippen LogP contribution in [-0.4, -0.2) is 17.3 Å². The Morgan fingerprint density at radius 1 is 1.50 bits per heavy atom. The molecule has 1 aliphatic carbocycles.